The zero-order valence-corrected chi connectivity index (χ0v) is 18.0. The molecule has 162 valence electrons. The second-order valence-electron chi connectivity index (χ2n) is 7.38. The Morgan fingerprint density at radius 2 is 1.81 bits per heavy atom. The molecule has 5 aromatic rings. The second-order valence-corrected chi connectivity index (χ2v) is 7.38. The Hall–Kier alpha value is -4.07. The van der Waals surface area contributed by atoms with Crippen molar-refractivity contribution in [2.45, 2.75) is 13.0 Å². The molecule has 0 spiro atoms. The number of esters is 1. The van der Waals surface area contributed by atoms with Crippen LogP contribution in [0.25, 0.3) is 38.1 Å². The monoisotopic (exact) mass is 432 g/mol. The van der Waals surface area contributed by atoms with E-state index in [4.69, 9.17) is 18.9 Å². The minimum atomic E-state index is -0.763. The van der Waals surface area contributed by atoms with Crippen LogP contribution in [-0.2, 0) is 9.53 Å². The van der Waals surface area contributed by atoms with Gasteiger partial charge in [0.15, 0.2) is 17.6 Å². The number of carbonyl (C=O) groups excluding carboxylic acids is 1. The van der Waals surface area contributed by atoms with Gasteiger partial charge in [-0.15, -0.1) is 0 Å². The fourth-order valence-electron chi connectivity index (χ4n) is 4.29. The highest BCUT2D eigenvalue weighted by atomic mass is 16.6. The molecule has 0 fully saturated rings. The first kappa shape index (κ1) is 19.9. The lowest BCUT2D eigenvalue weighted by Gasteiger charge is -2.12. The summed E-state index contributed by atoms with van der Waals surface area (Å²) >= 11 is 0. The van der Waals surface area contributed by atoms with Gasteiger partial charge in [-0.3, -0.25) is 14.2 Å². The molecule has 1 atom stereocenters. The number of carbonyl (C=O) groups is 1. The quantitative estimate of drug-likeness (QED) is 0.310. The Morgan fingerprint density at radius 3 is 2.53 bits per heavy atom. The van der Waals surface area contributed by atoms with Gasteiger partial charge in [0.25, 0.3) is 5.56 Å². The van der Waals surface area contributed by atoms with E-state index in [1.807, 2.05) is 18.2 Å². The highest BCUT2D eigenvalue weighted by Crippen LogP contribution is 2.39. The average molecular weight is 432 g/mol. The summed E-state index contributed by atoms with van der Waals surface area (Å²) in [6, 6.07) is 10.8. The van der Waals surface area contributed by atoms with E-state index in [0.717, 1.165) is 10.8 Å². The SMILES string of the molecule is COC(=O)[C@H](C)Oc1ccc2c(c1)c1ccnc3c4ccc(OC)c(OC)c4c(=O)n2c13. The molecule has 0 radical (unpaired) electrons. The molecule has 0 aliphatic carbocycles. The normalized spacial score (nSPS) is 12.5. The number of pyridine rings is 2. The molecule has 0 saturated carbocycles. The summed E-state index contributed by atoms with van der Waals surface area (Å²) in [6.07, 6.45) is 0.948. The number of hydrogen-bond acceptors (Lipinski definition) is 7. The Labute approximate surface area is 182 Å². The molecule has 3 aromatic heterocycles. The van der Waals surface area contributed by atoms with Crippen LogP contribution in [-0.4, -0.2) is 42.8 Å². The van der Waals surface area contributed by atoms with Gasteiger partial charge in [-0.05, 0) is 43.3 Å². The Balaban J connectivity index is 1.88. The summed E-state index contributed by atoms with van der Waals surface area (Å²) < 4.78 is 23.1. The third-order valence-corrected chi connectivity index (χ3v) is 5.71. The number of hydrogen-bond donors (Lipinski definition) is 0. The van der Waals surface area contributed by atoms with Crippen molar-refractivity contribution in [3.63, 3.8) is 0 Å². The molecule has 32 heavy (non-hydrogen) atoms. The van der Waals surface area contributed by atoms with Crippen molar-refractivity contribution in [1.29, 1.82) is 0 Å². The van der Waals surface area contributed by atoms with Crippen LogP contribution in [0.15, 0.2) is 47.4 Å². The fourth-order valence-corrected chi connectivity index (χ4v) is 4.29. The molecular weight excluding hydrogens is 412 g/mol. The zero-order valence-electron chi connectivity index (χ0n) is 18.0. The van der Waals surface area contributed by atoms with Crippen molar-refractivity contribution in [2.24, 2.45) is 0 Å². The number of methoxy groups -OCH3 is 3. The van der Waals surface area contributed by atoms with Crippen LogP contribution in [0, 0.1) is 0 Å². The van der Waals surface area contributed by atoms with E-state index in [-0.39, 0.29) is 5.56 Å². The standard InChI is InChI=1S/C24H20N2O6/c1-12(24(28)31-4)32-13-5-7-17-16(11-13)14-9-10-25-20-15-6-8-18(29-2)22(30-3)19(15)23(27)26(17)21(14)20/h5-12H,1-4H3/t12-/m0/s1. The molecule has 0 N–H and O–H groups in total. The van der Waals surface area contributed by atoms with Gasteiger partial charge in [0, 0.05) is 22.4 Å². The summed E-state index contributed by atoms with van der Waals surface area (Å²) in [4.78, 5) is 30.0. The minimum Gasteiger partial charge on any atom is -0.493 e. The van der Waals surface area contributed by atoms with Gasteiger partial charge in [-0.2, -0.15) is 0 Å². The summed E-state index contributed by atoms with van der Waals surface area (Å²) in [5.41, 5.74) is 1.87. The molecule has 8 heteroatoms. The van der Waals surface area contributed by atoms with Gasteiger partial charge in [-0.1, -0.05) is 0 Å². The van der Waals surface area contributed by atoms with E-state index in [9.17, 15) is 9.59 Å². The van der Waals surface area contributed by atoms with Crippen molar-refractivity contribution >= 4 is 44.1 Å². The van der Waals surface area contributed by atoms with Crippen LogP contribution >= 0.6 is 0 Å². The van der Waals surface area contributed by atoms with Gasteiger partial charge in [0.05, 0.1) is 43.3 Å². The van der Waals surface area contributed by atoms with Gasteiger partial charge in [0.1, 0.15) is 5.75 Å². The number of fused-ring (bicyclic) bond motifs is 5. The summed E-state index contributed by atoms with van der Waals surface area (Å²) in [6.45, 7) is 1.62. The highest BCUT2D eigenvalue weighted by Gasteiger charge is 2.22. The van der Waals surface area contributed by atoms with Crippen molar-refractivity contribution in [2.75, 3.05) is 21.3 Å². The first-order valence-corrected chi connectivity index (χ1v) is 9.97. The van der Waals surface area contributed by atoms with Gasteiger partial charge in [0.2, 0.25) is 0 Å². The predicted octanol–water partition coefficient (Wildman–Crippen LogP) is 3.55. The van der Waals surface area contributed by atoms with E-state index >= 15 is 0 Å². The smallest absolute Gasteiger partial charge is 0.346 e. The molecule has 0 amide bonds. The maximum Gasteiger partial charge on any atom is 0.346 e. The van der Waals surface area contributed by atoms with Gasteiger partial charge in [-0.25, -0.2) is 4.79 Å². The topological polar surface area (TPSA) is 88.4 Å². The maximum absolute atomic E-state index is 13.7. The Bertz CT molecular complexity index is 1570. The average Bonchev–Trinajstić information content (AvgIpc) is 3.15. The van der Waals surface area contributed by atoms with E-state index in [0.29, 0.717) is 44.6 Å². The van der Waals surface area contributed by atoms with Crippen LogP contribution < -0.4 is 19.8 Å². The first-order valence-electron chi connectivity index (χ1n) is 9.97. The molecule has 0 saturated heterocycles. The lowest BCUT2D eigenvalue weighted by atomic mass is 10.1. The van der Waals surface area contributed by atoms with E-state index in [2.05, 4.69) is 4.98 Å². The number of benzene rings is 2. The number of nitrogens with zero attached hydrogens (tertiary/aromatic N) is 2. The Morgan fingerprint density at radius 1 is 1.00 bits per heavy atom. The molecular formula is C24H20N2O6. The molecule has 0 aliphatic heterocycles. The molecule has 0 aliphatic rings. The van der Waals surface area contributed by atoms with Crippen LogP contribution in [0.2, 0.25) is 0 Å². The van der Waals surface area contributed by atoms with Crippen molar-refractivity contribution in [3.8, 4) is 17.2 Å². The number of aromatic nitrogens is 2. The molecule has 0 bridgehead atoms. The lowest BCUT2D eigenvalue weighted by molar-refractivity contribution is -0.147. The van der Waals surface area contributed by atoms with E-state index < -0.39 is 12.1 Å². The molecule has 8 nitrogen and oxygen atoms in total. The third kappa shape index (κ3) is 2.65. The largest absolute Gasteiger partial charge is 0.493 e. The maximum atomic E-state index is 13.7. The highest BCUT2D eigenvalue weighted by molar-refractivity contribution is 6.19. The van der Waals surface area contributed by atoms with Crippen molar-refractivity contribution in [3.05, 3.63) is 52.9 Å². The summed E-state index contributed by atoms with van der Waals surface area (Å²) in [7, 11) is 4.36. The zero-order chi connectivity index (χ0) is 22.6. The fraction of sp³-hybridized carbons (Fsp3) is 0.208. The number of ether oxygens (including phenoxy) is 4. The molecule has 5 rings (SSSR count). The van der Waals surface area contributed by atoms with Gasteiger partial charge < -0.3 is 18.9 Å². The summed E-state index contributed by atoms with van der Waals surface area (Å²) in [5.74, 6) is 0.868. The molecule has 3 heterocycles. The van der Waals surface area contributed by atoms with Crippen LogP contribution in [0.1, 0.15) is 6.92 Å². The molecule has 2 aromatic carbocycles. The van der Waals surface area contributed by atoms with Crippen LogP contribution in [0.3, 0.4) is 0 Å². The lowest BCUT2D eigenvalue weighted by Crippen LogP contribution is -2.24. The predicted molar refractivity (Wildman–Crippen MR) is 120 cm³/mol. The second kappa shape index (κ2) is 7.26. The van der Waals surface area contributed by atoms with Crippen LogP contribution in [0.5, 0.6) is 17.2 Å². The molecule has 0 unspecified atom stereocenters. The van der Waals surface area contributed by atoms with E-state index in [1.54, 1.807) is 35.7 Å². The van der Waals surface area contributed by atoms with E-state index in [1.165, 1.54) is 21.3 Å². The summed E-state index contributed by atoms with van der Waals surface area (Å²) in [5, 5.41) is 2.75. The Kier molecular flexibility index (Phi) is 4.51. The van der Waals surface area contributed by atoms with Crippen molar-refractivity contribution < 1.29 is 23.7 Å². The van der Waals surface area contributed by atoms with Crippen molar-refractivity contribution in [1.82, 2.24) is 9.38 Å². The first-order chi connectivity index (χ1) is 15.5. The number of rotatable bonds is 5. The van der Waals surface area contributed by atoms with Gasteiger partial charge >= 0.3 is 5.97 Å². The third-order valence-electron chi connectivity index (χ3n) is 5.71. The van der Waals surface area contributed by atoms with Crippen LogP contribution in [0.4, 0.5) is 0 Å². The minimum absolute atomic E-state index is 0.229.